The number of nitrogens with one attached hydrogen (secondary N) is 1. The minimum atomic E-state index is -0.614. The third-order valence-corrected chi connectivity index (χ3v) is 4.08. The van der Waals surface area contributed by atoms with E-state index < -0.39 is 11.3 Å². The highest BCUT2D eigenvalue weighted by molar-refractivity contribution is 6.06. The molecule has 1 aromatic carbocycles. The molecule has 0 bridgehead atoms. The lowest BCUT2D eigenvalue weighted by Gasteiger charge is -2.17. The molecule has 2 rings (SSSR count). The van der Waals surface area contributed by atoms with Gasteiger partial charge in [0, 0.05) is 31.4 Å². The number of carbonyl (C=O) groups excluding carboxylic acids is 2. The number of hydroxylamine groups is 1. The van der Waals surface area contributed by atoms with Crippen LogP contribution in [0.5, 0.6) is 0 Å². The fourth-order valence-corrected chi connectivity index (χ4v) is 2.92. The van der Waals surface area contributed by atoms with Crippen molar-refractivity contribution in [3.63, 3.8) is 0 Å². The van der Waals surface area contributed by atoms with Gasteiger partial charge in [-0.25, -0.2) is 5.48 Å². The molecule has 2 N–H and O–H groups in total. The quantitative estimate of drug-likeness (QED) is 0.388. The Balaban J connectivity index is 2.29. The Labute approximate surface area is 136 Å². The summed E-state index contributed by atoms with van der Waals surface area (Å²) >= 11 is 0. The van der Waals surface area contributed by atoms with Crippen LogP contribution in [0.15, 0.2) is 42.0 Å². The first-order valence-corrected chi connectivity index (χ1v) is 7.43. The lowest BCUT2D eigenvalue weighted by molar-refractivity contribution is -0.124. The molecule has 0 saturated carbocycles. The van der Waals surface area contributed by atoms with Gasteiger partial charge in [0.25, 0.3) is 5.91 Å². The van der Waals surface area contributed by atoms with E-state index in [0.29, 0.717) is 6.42 Å². The molecule has 0 aliphatic heterocycles. The van der Waals surface area contributed by atoms with E-state index in [4.69, 9.17) is 5.21 Å². The van der Waals surface area contributed by atoms with Crippen molar-refractivity contribution in [1.29, 1.82) is 0 Å². The summed E-state index contributed by atoms with van der Waals surface area (Å²) in [5.74, 6) is -0.503. The number of anilines is 1. The Hall–Kier alpha value is -2.40. The normalized spacial score (nSPS) is 20.7. The van der Waals surface area contributed by atoms with Crippen LogP contribution in [-0.4, -0.2) is 31.0 Å². The molecule has 5 nitrogen and oxygen atoms in total. The zero-order valence-electron chi connectivity index (χ0n) is 13.9. The minimum absolute atomic E-state index is 0.0946. The summed E-state index contributed by atoms with van der Waals surface area (Å²) in [4.78, 5) is 25.8. The van der Waals surface area contributed by atoms with Gasteiger partial charge >= 0.3 is 0 Å². The second kappa shape index (κ2) is 6.38. The molecular formula is C18H22N2O3. The van der Waals surface area contributed by atoms with Gasteiger partial charge in [0.05, 0.1) is 5.41 Å². The Bertz CT molecular complexity index is 704. The number of hydrogen-bond donors (Lipinski definition) is 2. The van der Waals surface area contributed by atoms with E-state index in [-0.39, 0.29) is 5.78 Å². The maximum atomic E-state index is 12.7. The standard InChI is InChI=1S/C18H22N2O3/c1-12(5-8-16(21)19-23)10-18(2)11-13-9-14(20(3)4)6-7-15(13)17(18)22/h5-10,23H,11H2,1-4H3,(H,19,21)/b8-5+,12-10+. The molecule has 0 spiro atoms. The van der Waals surface area contributed by atoms with Crippen molar-refractivity contribution < 1.29 is 14.8 Å². The van der Waals surface area contributed by atoms with Gasteiger partial charge < -0.3 is 4.90 Å². The van der Waals surface area contributed by atoms with Gasteiger partial charge in [-0.15, -0.1) is 0 Å². The van der Waals surface area contributed by atoms with Crippen molar-refractivity contribution in [2.45, 2.75) is 20.3 Å². The maximum absolute atomic E-state index is 12.7. The molecule has 1 aromatic rings. The fourth-order valence-electron chi connectivity index (χ4n) is 2.92. The van der Waals surface area contributed by atoms with Gasteiger partial charge in [0.2, 0.25) is 0 Å². The van der Waals surface area contributed by atoms with Crippen molar-refractivity contribution in [3.8, 4) is 0 Å². The highest BCUT2D eigenvalue weighted by Crippen LogP contribution is 2.39. The molecule has 1 aliphatic rings. The number of benzene rings is 1. The molecule has 0 fully saturated rings. The van der Waals surface area contributed by atoms with E-state index in [1.807, 2.05) is 51.1 Å². The summed E-state index contributed by atoms with van der Waals surface area (Å²) in [6.45, 7) is 3.74. The van der Waals surface area contributed by atoms with Crippen LogP contribution in [0, 0.1) is 5.41 Å². The average Bonchev–Trinajstić information content (AvgIpc) is 2.75. The van der Waals surface area contributed by atoms with Crippen LogP contribution in [-0.2, 0) is 11.2 Å². The van der Waals surface area contributed by atoms with Crippen LogP contribution >= 0.6 is 0 Å². The molecule has 0 aromatic heterocycles. The first-order chi connectivity index (χ1) is 10.8. The third kappa shape index (κ3) is 3.51. The lowest BCUT2D eigenvalue weighted by Crippen LogP contribution is -2.21. The first-order valence-electron chi connectivity index (χ1n) is 7.43. The van der Waals surface area contributed by atoms with Gasteiger partial charge in [0.1, 0.15) is 0 Å². The van der Waals surface area contributed by atoms with E-state index in [2.05, 4.69) is 6.07 Å². The Kier molecular flexibility index (Phi) is 4.71. The van der Waals surface area contributed by atoms with Gasteiger partial charge in [0.15, 0.2) is 5.78 Å². The van der Waals surface area contributed by atoms with Crippen LogP contribution in [0.1, 0.15) is 29.8 Å². The largest absolute Gasteiger partial charge is 0.378 e. The van der Waals surface area contributed by atoms with Crippen molar-refractivity contribution >= 4 is 17.4 Å². The molecule has 1 atom stereocenters. The van der Waals surface area contributed by atoms with Crippen molar-refractivity contribution in [3.05, 3.63) is 53.1 Å². The van der Waals surface area contributed by atoms with E-state index in [1.165, 1.54) is 11.6 Å². The molecule has 1 unspecified atom stereocenters. The second-order valence-electron chi connectivity index (χ2n) is 6.36. The monoisotopic (exact) mass is 314 g/mol. The van der Waals surface area contributed by atoms with Crippen LogP contribution in [0.3, 0.4) is 0 Å². The summed E-state index contributed by atoms with van der Waals surface area (Å²) in [7, 11) is 3.94. The summed E-state index contributed by atoms with van der Waals surface area (Å²) < 4.78 is 0. The summed E-state index contributed by atoms with van der Waals surface area (Å²) in [6.07, 6.45) is 5.33. The minimum Gasteiger partial charge on any atom is -0.378 e. The highest BCUT2D eigenvalue weighted by atomic mass is 16.5. The van der Waals surface area contributed by atoms with Crippen molar-refractivity contribution in [1.82, 2.24) is 5.48 Å². The third-order valence-electron chi connectivity index (χ3n) is 4.08. The Morgan fingerprint density at radius 1 is 1.35 bits per heavy atom. The summed E-state index contributed by atoms with van der Waals surface area (Å²) in [6, 6.07) is 5.89. The first kappa shape index (κ1) is 17.0. The molecule has 1 amide bonds. The fraction of sp³-hybridized carbons (Fsp3) is 0.333. The molecule has 0 radical (unpaired) electrons. The molecular weight excluding hydrogens is 292 g/mol. The predicted molar refractivity (Wildman–Crippen MR) is 89.7 cm³/mol. The SMILES string of the molecule is CC(/C=C/C(=O)NO)=C\C1(C)Cc2cc(N(C)C)ccc2C1=O. The van der Waals surface area contributed by atoms with Gasteiger partial charge in [-0.3, -0.25) is 14.8 Å². The molecule has 5 heteroatoms. The molecule has 0 heterocycles. The smallest absolute Gasteiger partial charge is 0.267 e. The average molecular weight is 314 g/mol. The number of carbonyl (C=O) groups is 2. The Morgan fingerprint density at radius 2 is 2.04 bits per heavy atom. The topological polar surface area (TPSA) is 69.6 Å². The van der Waals surface area contributed by atoms with Crippen LogP contribution in [0.25, 0.3) is 0 Å². The van der Waals surface area contributed by atoms with Gasteiger partial charge in [-0.05, 0) is 44.0 Å². The van der Waals surface area contributed by atoms with Crippen LogP contribution < -0.4 is 10.4 Å². The highest BCUT2D eigenvalue weighted by Gasteiger charge is 2.39. The summed E-state index contributed by atoms with van der Waals surface area (Å²) in [5.41, 5.74) is 4.60. The molecule has 122 valence electrons. The predicted octanol–water partition coefficient (Wildman–Crippen LogP) is 2.51. The van der Waals surface area contributed by atoms with Crippen molar-refractivity contribution in [2.24, 2.45) is 5.41 Å². The van der Waals surface area contributed by atoms with Gasteiger partial charge in [-0.2, -0.15) is 0 Å². The van der Waals surface area contributed by atoms with Crippen molar-refractivity contribution in [2.75, 3.05) is 19.0 Å². The number of allylic oxidation sites excluding steroid dienone is 3. The van der Waals surface area contributed by atoms with E-state index >= 15 is 0 Å². The zero-order chi connectivity index (χ0) is 17.2. The number of nitrogens with zero attached hydrogens (tertiary/aromatic N) is 1. The maximum Gasteiger partial charge on any atom is 0.267 e. The van der Waals surface area contributed by atoms with Crippen LogP contribution in [0.4, 0.5) is 5.69 Å². The van der Waals surface area contributed by atoms with E-state index in [9.17, 15) is 9.59 Å². The second-order valence-corrected chi connectivity index (χ2v) is 6.36. The van der Waals surface area contributed by atoms with E-state index in [0.717, 1.165) is 22.4 Å². The number of Topliss-reactive ketones (excluding diaryl/α,β-unsaturated/α-hetero) is 1. The zero-order valence-corrected chi connectivity index (χ0v) is 13.9. The molecule has 0 saturated heterocycles. The molecule has 1 aliphatic carbocycles. The number of rotatable bonds is 4. The lowest BCUT2D eigenvalue weighted by atomic mass is 9.84. The van der Waals surface area contributed by atoms with E-state index in [1.54, 1.807) is 6.08 Å². The summed E-state index contributed by atoms with van der Waals surface area (Å²) in [5, 5.41) is 8.49. The number of hydrogen-bond acceptors (Lipinski definition) is 4. The Morgan fingerprint density at radius 3 is 2.65 bits per heavy atom. The van der Waals surface area contributed by atoms with Crippen LogP contribution in [0.2, 0.25) is 0 Å². The number of ketones is 1. The van der Waals surface area contributed by atoms with Gasteiger partial charge in [-0.1, -0.05) is 17.7 Å². The molecule has 23 heavy (non-hydrogen) atoms. The number of fused-ring (bicyclic) bond motifs is 1. The number of amides is 1.